The lowest BCUT2D eigenvalue weighted by atomic mass is 10.1. The second-order valence-electron chi connectivity index (χ2n) is 4.59. The second-order valence-corrected chi connectivity index (χ2v) is 4.59. The number of carbonyl (C=O) groups excluding carboxylic acids is 2. The first-order chi connectivity index (χ1) is 9.58. The summed E-state index contributed by atoms with van der Waals surface area (Å²) in [6.45, 7) is 3.48. The molecule has 0 saturated carbocycles. The first kappa shape index (κ1) is 14.3. The fourth-order valence-electron chi connectivity index (χ4n) is 1.92. The molecule has 1 aliphatic heterocycles. The number of aryl methyl sites for hydroxylation is 1. The molecule has 6 nitrogen and oxygen atoms in total. The van der Waals surface area contributed by atoms with Crippen molar-refractivity contribution in [3.63, 3.8) is 0 Å². The van der Waals surface area contributed by atoms with Crippen molar-refractivity contribution in [2.75, 3.05) is 32.9 Å². The van der Waals surface area contributed by atoms with Crippen LogP contribution in [0.4, 0.5) is 0 Å². The van der Waals surface area contributed by atoms with E-state index in [1.54, 1.807) is 17.9 Å². The van der Waals surface area contributed by atoms with Crippen LogP contribution in [0.2, 0.25) is 0 Å². The minimum absolute atomic E-state index is 0.0605. The summed E-state index contributed by atoms with van der Waals surface area (Å²) in [6.07, 6.45) is 0. The number of rotatable bonds is 3. The molecule has 108 valence electrons. The van der Waals surface area contributed by atoms with Gasteiger partial charge in [-0.25, -0.2) is 4.79 Å². The molecule has 1 aromatic carbocycles. The number of morpholine rings is 1. The van der Waals surface area contributed by atoms with Crippen LogP contribution >= 0.6 is 0 Å². The normalized spacial score (nSPS) is 14.9. The molecule has 0 aliphatic carbocycles. The smallest absolute Gasteiger partial charge is 0.342 e. The highest BCUT2D eigenvalue weighted by molar-refractivity contribution is 5.93. The summed E-state index contributed by atoms with van der Waals surface area (Å²) in [4.78, 5) is 25.2. The van der Waals surface area contributed by atoms with Crippen molar-refractivity contribution in [1.82, 2.24) is 4.90 Å². The van der Waals surface area contributed by atoms with E-state index in [1.165, 1.54) is 12.1 Å². The maximum Gasteiger partial charge on any atom is 0.342 e. The van der Waals surface area contributed by atoms with E-state index >= 15 is 0 Å². The summed E-state index contributed by atoms with van der Waals surface area (Å²) in [5, 5.41) is 9.66. The third kappa shape index (κ3) is 3.48. The summed E-state index contributed by atoms with van der Waals surface area (Å²) < 4.78 is 10.1. The number of phenolic OH excluding ortho intramolecular Hbond substituents is 1. The molecule has 0 atom stereocenters. The van der Waals surface area contributed by atoms with Crippen molar-refractivity contribution in [3.05, 3.63) is 29.3 Å². The van der Waals surface area contributed by atoms with Crippen LogP contribution in [-0.4, -0.2) is 54.8 Å². The van der Waals surface area contributed by atoms with Crippen LogP contribution in [0.1, 0.15) is 15.9 Å². The molecule has 1 amide bonds. The van der Waals surface area contributed by atoms with Gasteiger partial charge in [-0.1, -0.05) is 6.07 Å². The number of ether oxygens (including phenoxy) is 2. The summed E-state index contributed by atoms with van der Waals surface area (Å²) in [6, 6.07) is 4.65. The molecular weight excluding hydrogens is 262 g/mol. The van der Waals surface area contributed by atoms with Gasteiger partial charge in [-0.2, -0.15) is 0 Å². The Morgan fingerprint density at radius 1 is 1.35 bits per heavy atom. The standard InChI is InChI=1S/C14H17NO5/c1-10-2-3-11(12(16)8-10)14(18)20-9-13(17)15-4-6-19-7-5-15/h2-3,8,16H,4-7,9H2,1H3. The van der Waals surface area contributed by atoms with E-state index in [2.05, 4.69) is 0 Å². The number of aromatic hydroxyl groups is 1. The molecule has 0 bridgehead atoms. The number of phenols is 1. The zero-order valence-electron chi connectivity index (χ0n) is 11.3. The predicted molar refractivity (Wildman–Crippen MR) is 70.5 cm³/mol. The van der Waals surface area contributed by atoms with Gasteiger partial charge in [0.2, 0.25) is 0 Å². The third-order valence-electron chi connectivity index (χ3n) is 3.06. The summed E-state index contributed by atoms with van der Waals surface area (Å²) in [5.41, 5.74) is 0.897. The number of hydrogen-bond acceptors (Lipinski definition) is 5. The Labute approximate surface area is 116 Å². The fourth-order valence-corrected chi connectivity index (χ4v) is 1.92. The zero-order valence-corrected chi connectivity index (χ0v) is 11.3. The molecule has 1 N–H and O–H groups in total. The highest BCUT2D eigenvalue weighted by Crippen LogP contribution is 2.19. The fraction of sp³-hybridized carbons (Fsp3) is 0.429. The van der Waals surface area contributed by atoms with E-state index in [4.69, 9.17) is 9.47 Å². The summed E-state index contributed by atoms with van der Waals surface area (Å²) >= 11 is 0. The van der Waals surface area contributed by atoms with Crippen LogP contribution in [0.25, 0.3) is 0 Å². The minimum atomic E-state index is -0.705. The molecule has 20 heavy (non-hydrogen) atoms. The van der Waals surface area contributed by atoms with Gasteiger partial charge in [0.15, 0.2) is 6.61 Å². The molecule has 0 aromatic heterocycles. The Morgan fingerprint density at radius 2 is 2.05 bits per heavy atom. The van der Waals surface area contributed by atoms with Crippen molar-refractivity contribution in [3.8, 4) is 5.75 Å². The first-order valence-electron chi connectivity index (χ1n) is 6.40. The van der Waals surface area contributed by atoms with Crippen molar-refractivity contribution in [1.29, 1.82) is 0 Å². The SMILES string of the molecule is Cc1ccc(C(=O)OCC(=O)N2CCOCC2)c(O)c1. The van der Waals surface area contributed by atoms with Crippen LogP contribution < -0.4 is 0 Å². The van der Waals surface area contributed by atoms with Crippen molar-refractivity contribution < 1.29 is 24.2 Å². The Morgan fingerprint density at radius 3 is 2.70 bits per heavy atom. The van der Waals surface area contributed by atoms with Gasteiger partial charge >= 0.3 is 5.97 Å². The lowest BCUT2D eigenvalue weighted by Gasteiger charge is -2.26. The van der Waals surface area contributed by atoms with E-state index < -0.39 is 5.97 Å². The molecule has 0 spiro atoms. The number of esters is 1. The largest absolute Gasteiger partial charge is 0.507 e. The van der Waals surface area contributed by atoms with Gasteiger partial charge in [-0.3, -0.25) is 4.79 Å². The highest BCUT2D eigenvalue weighted by Gasteiger charge is 2.19. The van der Waals surface area contributed by atoms with Gasteiger partial charge in [0.05, 0.1) is 13.2 Å². The molecule has 1 saturated heterocycles. The van der Waals surface area contributed by atoms with Gasteiger partial charge in [0.25, 0.3) is 5.91 Å². The van der Waals surface area contributed by atoms with Crippen molar-refractivity contribution >= 4 is 11.9 Å². The quantitative estimate of drug-likeness (QED) is 0.825. The second kappa shape index (κ2) is 6.38. The van der Waals surface area contributed by atoms with E-state index in [0.717, 1.165) is 5.56 Å². The highest BCUT2D eigenvalue weighted by atomic mass is 16.5. The van der Waals surface area contributed by atoms with Gasteiger partial charge in [-0.15, -0.1) is 0 Å². The molecular formula is C14H17NO5. The lowest BCUT2D eigenvalue weighted by molar-refractivity contribution is -0.138. The average molecular weight is 279 g/mol. The maximum absolute atomic E-state index is 11.8. The minimum Gasteiger partial charge on any atom is -0.507 e. The van der Waals surface area contributed by atoms with Crippen LogP contribution in [0.15, 0.2) is 18.2 Å². The number of hydrogen-bond donors (Lipinski definition) is 1. The third-order valence-corrected chi connectivity index (χ3v) is 3.06. The van der Waals surface area contributed by atoms with Gasteiger partial charge in [-0.05, 0) is 24.6 Å². The zero-order chi connectivity index (χ0) is 14.5. The Hall–Kier alpha value is -2.08. The summed E-state index contributed by atoms with van der Waals surface area (Å²) in [5.74, 6) is -1.11. The molecule has 0 radical (unpaired) electrons. The number of carbonyl (C=O) groups is 2. The predicted octanol–water partition coefficient (Wildman–Crippen LogP) is 0.716. The molecule has 6 heteroatoms. The van der Waals surface area contributed by atoms with Crippen LogP contribution in [-0.2, 0) is 14.3 Å². The van der Waals surface area contributed by atoms with E-state index in [0.29, 0.717) is 26.3 Å². The van der Waals surface area contributed by atoms with E-state index in [-0.39, 0.29) is 23.8 Å². The number of benzene rings is 1. The molecule has 0 unspecified atom stereocenters. The van der Waals surface area contributed by atoms with Gasteiger partial charge in [0, 0.05) is 13.1 Å². The number of amides is 1. The number of nitrogens with zero attached hydrogens (tertiary/aromatic N) is 1. The van der Waals surface area contributed by atoms with E-state index in [9.17, 15) is 14.7 Å². The van der Waals surface area contributed by atoms with E-state index in [1.807, 2.05) is 0 Å². The Balaban J connectivity index is 1.89. The van der Waals surface area contributed by atoms with Gasteiger partial charge in [0.1, 0.15) is 11.3 Å². The van der Waals surface area contributed by atoms with Crippen LogP contribution in [0.5, 0.6) is 5.75 Å². The molecule has 2 rings (SSSR count). The molecule has 1 fully saturated rings. The Kier molecular flexibility index (Phi) is 4.57. The molecule has 1 aliphatic rings. The van der Waals surface area contributed by atoms with Crippen molar-refractivity contribution in [2.24, 2.45) is 0 Å². The van der Waals surface area contributed by atoms with Crippen molar-refractivity contribution in [2.45, 2.75) is 6.92 Å². The van der Waals surface area contributed by atoms with Crippen LogP contribution in [0.3, 0.4) is 0 Å². The maximum atomic E-state index is 11.8. The lowest BCUT2D eigenvalue weighted by Crippen LogP contribution is -2.42. The molecule has 1 heterocycles. The Bertz CT molecular complexity index is 508. The topological polar surface area (TPSA) is 76.1 Å². The summed E-state index contributed by atoms with van der Waals surface area (Å²) in [7, 11) is 0. The van der Waals surface area contributed by atoms with Crippen LogP contribution in [0, 0.1) is 6.92 Å². The molecule has 1 aromatic rings. The average Bonchev–Trinajstić information content (AvgIpc) is 2.45. The monoisotopic (exact) mass is 279 g/mol. The first-order valence-corrected chi connectivity index (χ1v) is 6.40. The van der Waals surface area contributed by atoms with Gasteiger partial charge < -0.3 is 19.5 Å².